The molecule has 124 valence electrons. The lowest BCUT2D eigenvalue weighted by Gasteiger charge is -2.10. The van der Waals surface area contributed by atoms with Crippen molar-refractivity contribution in [1.29, 1.82) is 0 Å². The summed E-state index contributed by atoms with van der Waals surface area (Å²) in [5.41, 5.74) is 1.77. The SMILES string of the molecule is Cc1cc(Br)c(NC(=O)CSc2nnc(-c3ccco3)o2)c(Br)c1. The van der Waals surface area contributed by atoms with Gasteiger partial charge in [-0.2, -0.15) is 0 Å². The Morgan fingerprint density at radius 1 is 1.29 bits per heavy atom. The van der Waals surface area contributed by atoms with Crippen LogP contribution in [-0.4, -0.2) is 21.9 Å². The average Bonchev–Trinajstić information content (AvgIpc) is 3.19. The van der Waals surface area contributed by atoms with E-state index in [-0.39, 0.29) is 17.6 Å². The molecule has 0 saturated heterocycles. The molecule has 9 heteroatoms. The fourth-order valence-corrected chi connectivity index (χ4v) is 4.07. The smallest absolute Gasteiger partial charge is 0.284 e. The highest BCUT2D eigenvalue weighted by atomic mass is 79.9. The standard InChI is InChI=1S/C15H11Br2N3O3S/c1-8-5-9(16)13(10(17)6-8)18-12(21)7-24-15-20-19-14(23-15)11-3-2-4-22-11/h2-6H,7H2,1H3,(H,18,21). The van der Waals surface area contributed by atoms with Crippen molar-refractivity contribution < 1.29 is 13.6 Å². The van der Waals surface area contributed by atoms with E-state index in [2.05, 4.69) is 47.4 Å². The summed E-state index contributed by atoms with van der Waals surface area (Å²) in [7, 11) is 0. The Kier molecular flexibility index (Phi) is 5.42. The Labute approximate surface area is 158 Å². The predicted octanol–water partition coefficient (Wildman–Crippen LogP) is 4.89. The summed E-state index contributed by atoms with van der Waals surface area (Å²) < 4.78 is 12.2. The first-order valence-corrected chi connectivity index (χ1v) is 9.36. The van der Waals surface area contributed by atoms with Gasteiger partial charge < -0.3 is 14.2 Å². The minimum absolute atomic E-state index is 0.145. The molecule has 0 aliphatic rings. The minimum Gasteiger partial charge on any atom is -0.459 e. The third-order valence-corrected chi connectivity index (χ3v) is 4.99. The van der Waals surface area contributed by atoms with E-state index in [1.807, 2.05) is 19.1 Å². The van der Waals surface area contributed by atoms with E-state index >= 15 is 0 Å². The van der Waals surface area contributed by atoms with Crippen LogP contribution in [0.2, 0.25) is 0 Å². The van der Waals surface area contributed by atoms with Gasteiger partial charge in [0.2, 0.25) is 5.91 Å². The van der Waals surface area contributed by atoms with E-state index in [4.69, 9.17) is 8.83 Å². The number of carbonyl (C=O) groups excluding carboxylic acids is 1. The Bertz CT molecular complexity index is 842. The minimum atomic E-state index is -0.178. The van der Waals surface area contributed by atoms with Crippen molar-refractivity contribution >= 4 is 55.2 Å². The number of rotatable bonds is 5. The molecule has 3 aromatic rings. The van der Waals surface area contributed by atoms with Gasteiger partial charge in [-0.3, -0.25) is 4.79 Å². The zero-order valence-electron chi connectivity index (χ0n) is 12.4. The number of furan rings is 1. The average molecular weight is 473 g/mol. The number of nitrogens with zero attached hydrogens (tertiary/aromatic N) is 2. The van der Waals surface area contributed by atoms with Gasteiger partial charge in [0, 0.05) is 8.95 Å². The first-order chi connectivity index (χ1) is 11.5. The molecule has 0 saturated carbocycles. The summed E-state index contributed by atoms with van der Waals surface area (Å²) in [5.74, 6) is 0.744. The highest BCUT2D eigenvalue weighted by Gasteiger charge is 2.14. The zero-order valence-corrected chi connectivity index (χ0v) is 16.4. The van der Waals surface area contributed by atoms with Gasteiger partial charge in [0.1, 0.15) is 0 Å². The molecule has 2 heterocycles. The summed E-state index contributed by atoms with van der Waals surface area (Å²) >= 11 is 8.05. The van der Waals surface area contributed by atoms with Crippen molar-refractivity contribution in [1.82, 2.24) is 10.2 Å². The molecule has 24 heavy (non-hydrogen) atoms. The molecule has 0 aliphatic carbocycles. The number of hydrogen-bond acceptors (Lipinski definition) is 6. The monoisotopic (exact) mass is 471 g/mol. The molecule has 1 N–H and O–H groups in total. The number of thioether (sulfide) groups is 1. The number of benzene rings is 1. The van der Waals surface area contributed by atoms with Gasteiger partial charge in [0.25, 0.3) is 11.1 Å². The second-order valence-corrected chi connectivity index (χ2v) is 7.43. The van der Waals surface area contributed by atoms with E-state index in [1.54, 1.807) is 12.1 Å². The Morgan fingerprint density at radius 2 is 2.04 bits per heavy atom. The van der Waals surface area contributed by atoms with Gasteiger partial charge in [0.15, 0.2) is 5.76 Å². The second kappa shape index (κ2) is 7.54. The van der Waals surface area contributed by atoms with Crippen molar-refractivity contribution in [3.05, 3.63) is 45.0 Å². The van der Waals surface area contributed by atoms with E-state index < -0.39 is 0 Å². The number of hydrogen-bond donors (Lipinski definition) is 1. The summed E-state index contributed by atoms with van der Waals surface area (Å²) in [4.78, 5) is 12.1. The molecule has 0 aliphatic heterocycles. The fourth-order valence-electron chi connectivity index (χ4n) is 1.89. The Morgan fingerprint density at radius 3 is 2.71 bits per heavy atom. The van der Waals surface area contributed by atoms with Gasteiger partial charge in [-0.15, -0.1) is 10.2 Å². The molecular formula is C15H11Br2N3O3S. The lowest BCUT2D eigenvalue weighted by molar-refractivity contribution is -0.113. The van der Waals surface area contributed by atoms with Gasteiger partial charge in [-0.05, 0) is 68.6 Å². The molecule has 1 aromatic carbocycles. The molecule has 3 rings (SSSR count). The number of carbonyl (C=O) groups is 1. The maximum atomic E-state index is 12.1. The molecule has 0 atom stereocenters. The summed E-state index contributed by atoms with van der Waals surface area (Å²) in [5, 5.41) is 10.9. The Hall–Kier alpha value is -1.58. The molecule has 1 amide bonds. The van der Waals surface area contributed by atoms with Crippen LogP contribution in [0.5, 0.6) is 0 Å². The molecule has 0 radical (unpaired) electrons. The zero-order chi connectivity index (χ0) is 17.1. The molecule has 0 fully saturated rings. The molecule has 2 aromatic heterocycles. The molecule has 0 unspecified atom stereocenters. The van der Waals surface area contributed by atoms with Crippen LogP contribution in [0.3, 0.4) is 0 Å². The summed E-state index contributed by atoms with van der Waals surface area (Å²) in [6.45, 7) is 1.98. The number of nitrogens with one attached hydrogen (secondary N) is 1. The number of halogens is 2. The van der Waals surface area contributed by atoms with Crippen LogP contribution in [0, 0.1) is 6.92 Å². The van der Waals surface area contributed by atoms with Crippen molar-refractivity contribution in [2.75, 3.05) is 11.1 Å². The van der Waals surface area contributed by atoms with Gasteiger partial charge in [0.05, 0.1) is 17.7 Å². The van der Waals surface area contributed by atoms with E-state index in [0.717, 1.165) is 26.3 Å². The number of aryl methyl sites for hydroxylation is 1. The van der Waals surface area contributed by atoms with Crippen LogP contribution >= 0.6 is 43.6 Å². The van der Waals surface area contributed by atoms with Crippen LogP contribution in [0.15, 0.2) is 53.5 Å². The fraction of sp³-hybridized carbons (Fsp3) is 0.133. The number of amides is 1. The van der Waals surface area contributed by atoms with Crippen molar-refractivity contribution in [2.45, 2.75) is 12.1 Å². The van der Waals surface area contributed by atoms with Crippen molar-refractivity contribution in [3.8, 4) is 11.7 Å². The van der Waals surface area contributed by atoms with Gasteiger partial charge in [-0.25, -0.2) is 0 Å². The lowest BCUT2D eigenvalue weighted by Crippen LogP contribution is -2.15. The number of anilines is 1. The molecular weight excluding hydrogens is 462 g/mol. The summed E-state index contributed by atoms with van der Waals surface area (Å²) in [6.07, 6.45) is 1.52. The first kappa shape index (κ1) is 17.2. The van der Waals surface area contributed by atoms with Crippen LogP contribution in [0.1, 0.15) is 5.56 Å². The quantitative estimate of drug-likeness (QED) is 0.532. The number of aromatic nitrogens is 2. The van der Waals surface area contributed by atoms with Crippen molar-refractivity contribution in [3.63, 3.8) is 0 Å². The molecule has 0 spiro atoms. The van der Waals surface area contributed by atoms with E-state index in [9.17, 15) is 4.79 Å². The van der Waals surface area contributed by atoms with Gasteiger partial charge in [-0.1, -0.05) is 11.8 Å². The van der Waals surface area contributed by atoms with Crippen LogP contribution < -0.4 is 5.32 Å². The second-order valence-electron chi connectivity index (χ2n) is 4.79. The summed E-state index contributed by atoms with van der Waals surface area (Å²) in [6, 6.07) is 7.32. The first-order valence-electron chi connectivity index (χ1n) is 6.78. The highest BCUT2D eigenvalue weighted by molar-refractivity contribution is 9.11. The maximum absolute atomic E-state index is 12.1. The Balaban J connectivity index is 1.60. The lowest BCUT2D eigenvalue weighted by atomic mass is 10.2. The van der Waals surface area contributed by atoms with Gasteiger partial charge >= 0.3 is 0 Å². The molecule has 6 nitrogen and oxygen atoms in total. The highest BCUT2D eigenvalue weighted by Crippen LogP contribution is 2.32. The third-order valence-electron chi connectivity index (χ3n) is 2.92. The predicted molar refractivity (Wildman–Crippen MR) is 97.9 cm³/mol. The van der Waals surface area contributed by atoms with Crippen LogP contribution in [0.25, 0.3) is 11.7 Å². The van der Waals surface area contributed by atoms with E-state index in [0.29, 0.717) is 16.7 Å². The molecule has 0 bridgehead atoms. The van der Waals surface area contributed by atoms with Crippen LogP contribution in [0.4, 0.5) is 5.69 Å². The van der Waals surface area contributed by atoms with E-state index in [1.165, 1.54) is 6.26 Å². The topological polar surface area (TPSA) is 81.2 Å². The largest absolute Gasteiger partial charge is 0.459 e. The normalized spacial score (nSPS) is 10.8. The van der Waals surface area contributed by atoms with Crippen LogP contribution in [-0.2, 0) is 4.79 Å². The third kappa shape index (κ3) is 4.08. The maximum Gasteiger partial charge on any atom is 0.284 e. The van der Waals surface area contributed by atoms with Crippen molar-refractivity contribution in [2.24, 2.45) is 0 Å².